The molecule has 0 aromatic rings. The molecule has 0 amide bonds. The van der Waals surface area contributed by atoms with Gasteiger partial charge in [-0.15, -0.1) is 0 Å². The Balaban J connectivity index is 2.76. The van der Waals surface area contributed by atoms with Gasteiger partial charge in [-0.1, -0.05) is 0 Å². The van der Waals surface area contributed by atoms with E-state index in [0.717, 1.165) is 13.0 Å². The molecule has 0 atom stereocenters. The van der Waals surface area contributed by atoms with Crippen LogP contribution in [0.1, 0.15) is 33.1 Å². The van der Waals surface area contributed by atoms with Crippen LogP contribution in [0.15, 0.2) is 23.0 Å². The van der Waals surface area contributed by atoms with E-state index in [-0.39, 0.29) is 24.2 Å². The predicted octanol–water partition coefficient (Wildman–Crippen LogP) is 0.883. The van der Waals surface area contributed by atoms with Crippen LogP contribution < -0.4 is 0 Å². The second kappa shape index (κ2) is 5.44. The van der Waals surface area contributed by atoms with Crippen molar-refractivity contribution in [3.63, 3.8) is 0 Å². The molecule has 6 nitrogen and oxygen atoms in total. The Morgan fingerprint density at radius 3 is 2.14 bits per heavy atom. The first-order valence-corrected chi connectivity index (χ1v) is 6.92. The lowest BCUT2D eigenvalue weighted by Crippen LogP contribution is -2.46. The molecule has 2 rings (SSSR count). The summed E-state index contributed by atoms with van der Waals surface area (Å²) in [6.45, 7) is 2.45. The summed E-state index contributed by atoms with van der Waals surface area (Å²) in [5.74, 6) is -3.28. The van der Waals surface area contributed by atoms with E-state index in [9.17, 15) is 24.0 Å². The van der Waals surface area contributed by atoms with E-state index < -0.39 is 39.9 Å². The van der Waals surface area contributed by atoms with Crippen molar-refractivity contribution in [2.24, 2.45) is 5.41 Å². The van der Waals surface area contributed by atoms with Crippen molar-refractivity contribution in [2.75, 3.05) is 7.11 Å². The van der Waals surface area contributed by atoms with Gasteiger partial charge in [0, 0.05) is 24.5 Å². The molecule has 2 aliphatic carbocycles. The molecule has 0 aromatic heterocycles. The predicted molar refractivity (Wildman–Crippen MR) is 74.8 cm³/mol. The van der Waals surface area contributed by atoms with E-state index in [2.05, 4.69) is 0 Å². The van der Waals surface area contributed by atoms with Gasteiger partial charge in [0.1, 0.15) is 5.41 Å². The first kappa shape index (κ1) is 16.0. The second-order valence-electron chi connectivity index (χ2n) is 5.54. The van der Waals surface area contributed by atoms with Crippen molar-refractivity contribution in [1.29, 1.82) is 0 Å². The van der Waals surface area contributed by atoms with Crippen LogP contribution in [-0.2, 0) is 28.7 Å². The Morgan fingerprint density at radius 2 is 1.68 bits per heavy atom. The van der Waals surface area contributed by atoms with Gasteiger partial charge in [-0.2, -0.15) is 0 Å². The number of methoxy groups -OCH3 is 1. The highest BCUT2D eigenvalue weighted by atomic mass is 16.5. The Labute approximate surface area is 127 Å². The number of ketones is 5. The van der Waals surface area contributed by atoms with Crippen LogP contribution in [0, 0.1) is 5.41 Å². The third-order valence-electron chi connectivity index (χ3n) is 4.20. The Hall–Kier alpha value is -2.37. The van der Waals surface area contributed by atoms with Gasteiger partial charge in [-0.25, -0.2) is 0 Å². The SMILES string of the molecule is COC1=CC(=O)C(C(C)=O)=C(C2(C)C(=O)CCCC2=O)C1=O. The monoisotopic (exact) mass is 304 g/mol. The molecule has 6 heteroatoms. The van der Waals surface area contributed by atoms with Crippen LogP contribution in [0.2, 0.25) is 0 Å². The van der Waals surface area contributed by atoms with Gasteiger partial charge in [0.15, 0.2) is 28.9 Å². The maximum absolute atomic E-state index is 12.6. The van der Waals surface area contributed by atoms with Gasteiger partial charge >= 0.3 is 0 Å². The lowest BCUT2D eigenvalue weighted by Gasteiger charge is -2.34. The van der Waals surface area contributed by atoms with E-state index in [4.69, 9.17) is 4.74 Å². The molecule has 0 saturated heterocycles. The molecule has 0 heterocycles. The molecule has 0 radical (unpaired) electrons. The Bertz CT molecular complexity index is 661. The largest absolute Gasteiger partial charge is 0.493 e. The summed E-state index contributed by atoms with van der Waals surface area (Å²) in [7, 11) is 1.21. The molecule has 0 bridgehead atoms. The van der Waals surface area contributed by atoms with Gasteiger partial charge in [0.2, 0.25) is 5.78 Å². The molecule has 1 fully saturated rings. The fourth-order valence-corrected chi connectivity index (χ4v) is 2.94. The zero-order valence-electron chi connectivity index (χ0n) is 12.6. The topological polar surface area (TPSA) is 94.6 Å². The van der Waals surface area contributed by atoms with E-state index >= 15 is 0 Å². The van der Waals surface area contributed by atoms with Crippen LogP contribution in [0.4, 0.5) is 0 Å². The summed E-state index contributed by atoms with van der Waals surface area (Å²) in [4.78, 5) is 61.2. The highest BCUT2D eigenvalue weighted by Gasteiger charge is 2.52. The molecule has 0 unspecified atom stereocenters. The average Bonchev–Trinajstić information content (AvgIpc) is 2.45. The lowest BCUT2D eigenvalue weighted by atomic mass is 9.64. The molecular formula is C16H16O6. The van der Waals surface area contributed by atoms with Crippen molar-refractivity contribution < 1.29 is 28.7 Å². The van der Waals surface area contributed by atoms with Crippen LogP contribution in [0.5, 0.6) is 0 Å². The Morgan fingerprint density at radius 1 is 1.14 bits per heavy atom. The van der Waals surface area contributed by atoms with Crippen LogP contribution in [0.3, 0.4) is 0 Å². The molecule has 0 spiro atoms. The molecule has 1 saturated carbocycles. The number of ether oxygens (including phenoxy) is 1. The summed E-state index contributed by atoms with van der Waals surface area (Å²) in [6, 6.07) is 0. The van der Waals surface area contributed by atoms with Crippen molar-refractivity contribution in [3.05, 3.63) is 23.0 Å². The first-order chi connectivity index (χ1) is 10.2. The minimum Gasteiger partial charge on any atom is -0.493 e. The smallest absolute Gasteiger partial charge is 0.225 e. The molecule has 0 aliphatic heterocycles. The lowest BCUT2D eigenvalue weighted by molar-refractivity contribution is -0.142. The number of carbonyl (C=O) groups excluding carboxylic acids is 5. The van der Waals surface area contributed by atoms with Crippen molar-refractivity contribution in [1.82, 2.24) is 0 Å². The fraction of sp³-hybridized carbons (Fsp3) is 0.438. The number of Topliss-reactive ketones (excluding diaryl/α,β-unsaturated/α-hetero) is 4. The summed E-state index contributed by atoms with van der Waals surface area (Å²) in [6.07, 6.45) is 1.59. The number of carbonyl (C=O) groups is 5. The number of rotatable bonds is 3. The zero-order chi connectivity index (χ0) is 16.7. The van der Waals surface area contributed by atoms with Gasteiger partial charge in [0.25, 0.3) is 0 Å². The average molecular weight is 304 g/mol. The standard InChI is InChI=1S/C16H16O6/c1-8(17)13-9(18)7-10(22-3)15(21)14(13)16(2)11(19)5-4-6-12(16)20/h7H,4-6H2,1-3H3. The summed E-state index contributed by atoms with van der Waals surface area (Å²) >= 11 is 0. The van der Waals surface area contributed by atoms with Crippen LogP contribution in [-0.4, -0.2) is 36.0 Å². The maximum Gasteiger partial charge on any atom is 0.225 e. The van der Waals surface area contributed by atoms with Gasteiger partial charge in [-0.3, -0.25) is 24.0 Å². The third kappa shape index (κ3) is 2.15. The normalized spacial score (nSPS) is 21.9. The van der Waals surface area contributed by atoms with Crippen molar-refractivity contribution in [2.45, 2.75) is 33.1 Å². The van der Waals surface area contributed by atoms with Gasteiger partial charge in [0.05, 0.1) is 12.7 Å². The highest BCUT2D eigenvalue weighted by molar-refractivity contribution is 6.36. The molecule has 0 aromatic carbocycles. The minimum absolute atomic E-state index is 0.129. The quantitative estimate of drug-likeness (QED) is 0.436. The summed E-state index contributed by atoms with van der Waals surface area (Å²) in [5.41, 5.74) is -2.49. The van der Waals surface area contributed by atoms with Gasteiger partial charge < -0.3 is 4.74 Å². The number of hydrogen-bond acceptors (Lipinski definition) is 6. The molecular weight excluding hydrogens is 288 g/mol. The fourth-order valence-electron chi connectivity index (χ4n) is 2.94. The highest BCUT2D eigenvalue weighted by Crippen LogP contribution is 2.41. The molecule has 0 N–H and O–H groups in total. The first-order valence-electron chi connectivity index (χ1n) is 6.92. The maximum atomic E-state index is 12.6. The van der Waals surface area contributed by atoms with E-state index in [1.807, 2.05) is 0 Å². The molecule has 22 heavy (non-hydrogen) atoms. The minimum atomic E-state index is -1.76. The third-order valence-corrected chi connectivity index (χ3v) is 4.20. The molecule has 2 aliphatic rings. The second-order valence-corrected chi connectivity index (χ2v) is 5.54. The van der Waals surface area contributed by atoms with Crippen LogP contribution in [0.25, 0.3) is 0 Å². The van der Waals surface area contributed by atoms with Crippen LogP contribution >= 0.6 is 0 Å². The van der Waals surface area contributed by atoms with Gasteiger partial charge in [-0.05, 0) is 20.3 Å². The Kier molecular flexibility index (Phi) is 3.96. The number of hydrogen-bond donors (Lipinski definition) is 0. The van der Waals surface area contributed by atoms with Crippen molar-refractivity contribution >= 4 is 28.9 Å². The van der Waals surface area contributed by atoms with E-state index in [1.165, 1.54) is 14.0 Å². The molecule has 116 valence electrons. The van der Waals surface area contributed by atoms with Crippen molar-refractivity contribution in [3.8, 4) is 0 Å². The number of allylic oxidation sites excluding steroid dienone is 3. The zero-order valence-corrected chi connectivity index (χ0v) is 12.6. The summed E-state index contributed by atoms with van der Waals surface area (Å²) < 4.78 is 4.86. The summed E-state index contributed by atoms with van der Waals surface area (Å²) in [5, 5.41) is 0. The van der Waals surface area contributed by atoms with E-state index in [0.29, 0.717) is 6.42 Å². The van der Waals surface area contributed by atoms with E-state index in [1.54, 1.807) is 0 Å².